The summed E-state index contributed by atoms with van der Waals surface area (Å²) in [5, 5.41) is 12.5. The lowest BCUT2D eigenvalue weighted by Gasteiger charge is -2.12. The maximum atomic E-state index is 12.5. The van der Waals surface area contributed by atoms with Gasteiger partial charge in [0.1, 0.15) is 5.52 Å². The Kier molecular flexibility index (Phi) is 4.53. The SMILES string of the molecule is Cc1cc(C)cc(NC(=O)C(C)Sc2nnc3c(n2)[nH]c2ccccc23)c1. The van der Waals surface area contributed by atoms with Gasteiger partial charge in [-0.15, -0.1) is 10.2 Å². The van der Waals surface area contributed by atoms with Crippen molar-refractivity contribution < 1.29 is 4.79 Å². The lowest BCUT2D eigenvalue weighted by molar-refractivity contribution is -0.115. The molecular formula is C20H19N5OS. The summed E-state index contributed by atoms with van der Waals surface area (Å²) in [6.07, 6.45) is 0. The molecule has 2 aromatic heterocycles. The zero-order valence-corrected chi connectivity index (χ0v) is 16.1. The second-order valence-electron chi connectivity index (χ2n) is 6.59. The van der Waals surface area contributed by atoms with E-state index >= 15 is 0 Å². The van der Waals surface area contributed by atoms with Crippen LogP contribution in [-0.4, -0.2) is 31.3 Å². The molecular weight excluding hydrogens is 358 g/mol. The number of amides is 1. The molecule has 1 atom stereocenters. The predicted octanol–water partition coefficient (Wildman–Crippen LogP) is 4.24. The van der Waals surface area contributed by atoms with Crippen molar-refractivity contribution in [1.82, 2.24) is 20.2 Å². The number of fused-ring (bicyclic) bond motifs is 3. The standard InChI is InChI=1S/C20H19N5OS/c1-11-8-12(2)10-14(9-11)21-19(26)13(3)27-20-23-18-17(24-25-20)15-6-4-5-7-16(15)22-18/h4-10,13H,1-3H3,(H,21,26)(H,22,23,25). The van der Waals surface area contributed by atoms with Gasteiger partial charge in [0.15, 0.2) is 5.65 Å². The molecule has 0 radical (unpaired) electrons. The summed E-state index contributed by atoms with van der Waals surface area (Å²) in [5.74, 6) is -0.0923. The largest absolute Gasteiger partial charge is 0.338 e. The highest BCUT2D eigenvalue weighted by molar-refractivity contribution is 8.00. The molecule has 4 rings (SSSR count). The molecule has 0 aliphatic heterocycles. The predicted molar refractivity (Wildman–Crippen MR) is 109 cm³/mol. The van der Waals surface area contributed by atoms with E-state index in [1.165, 1.54) is 11.8 Å². The molecule has 0 aliphatic rings. The molecule has 2 aromatic carbocycles. The highest BCUT2D eigenvalue weighted by atomic mass is 32.2. The number of hydrogen-bond acceptors (Lipinski definition) is 5. The second-order valence-corrected chi connectivity index (χ2v) is 7.90. The number of H-pyrrole nitrogens is 1. The lowest BCUT2D eigenvalue weighted by Crippen LogP contribution is -2.22. The monoisotopic (exact) mass is 377 g/mol. The quantitative estimate of drug-likeness (QED) is 0.520. The van der Waals surface area contributed by atoms with Gasteiger partial charge < -0.3 is 10.3 Å². The molecule has 2 heterocycles. The average molecular weight is 377 g/mol. The van der Waals surface area contributed by atoms with Crippen LogP contribution in [0, 0.1) is 13.8 Å². The zero-order chi connectivity index (χ0) is 19.0. The van der Waals surface area contributed by atoms with Crippen molar-refractivity contribution in [1.29, 1.82) is 0 Å². The van der Waals surface area contributed by atoms with Gasteiger partial charge in [0.2, 0.25) is 11.1 Å². The van der Waals surface area contributed by atoms with Crippen molar-refractivity contribution in [3.8, 4) is 0 Å². The van der Waals surface area contributed by atoms with Crippen molar-refractivity contribution in [2.24, 2.45) is 0 Å². The van der Waals surface area contributed by atoms with E-state index in [9.17, 15) is 4.79 Å². The third-order valence-electron chi connectivity index (χ3n) is 4.24. The van der Waals surface area contributed by atoms with Crippen molar-refractivity contribution in [3.63, 3.8) is 0 Å². The van der Waals surface area contributed by atoms with Gasteiger partial charge in [-0.3, -0.25) is 4.79 Å². The fraction of sp³-hybridized carbons (Fsp3) is 0.200. The summed E-state index contributed by atoms with van der Waals surface area (Å²) in [4.78, 5) is 20.3. The molecule has 136 valence electrons. The van der Waals surface area contributed by atoms with Crippen LogP contribution in [0.3, 0.4) is 0 Å². The first-order valence-corrected chi connectivity index (χ1v) is 9.54. The molecule has 0 bridgehead atoms. The van der Waals surface area contributed by atoms with E-state index in [-0.39, 0.29) is 11.2 Å². The van der Waals surface area contributed by atoms with Crippen LogP contribution in [-0.2, 0) is 4.79 Å². The number of para-hydroxylation sites is 1. The molecule has 0 fully saturated rings. The number of hydrogen-bond donors (Lipinski definition) is 2. The first-order valence-electron chi connectivity index (χ1n) is 8.66. The van der Waals surface area contributed by atoms with Gasteiger partial charge in [0, 0.05) is 16.6 Å². The Morgan fingerprint density at radius 2 is 1.85 bits per heavy atom. The first-order chi connectivity index (χ1) is 13.0. The number of benzene rings is 2. The number of aryl methyl sites for hydroxylation is 2. The number of thioether (sulfide) groups is 1. The molecule has 0 saturated heterocycles. The van der Waals surface area contributed by atoms with Crippen molar-refractivity contribution >= 4 is 45.4 Å². The Balaban J connectivity index is 1.52. The van der Waals surface area contributed by atoms with Crippen LogP contribution in [0.1, 0.15) is 18.1 Å². The summed E-state index contributed by atoms with van der Waals surface area (Å²) in [6, 6.07) is 13.9. The maximum Gasteiger partial charge on any atom is 0.237 e. The Bertz CT molecular complexity index is 1130. The van der Waals surface area contributed by atoms with Crippen LogP contribution in [0.2, 0.25) is 0 Å². The minimum absolute atomic E-state index is 0.0923. The second kappa shape index (κ2) is 7.00. The third-order valence-corrected chi connectivity index (χ3v) is 5.19. The van der Waals surface area contributed by atoms with E-state index in [1.807, 2.05) is 57.2 Å². The van der Waals surface area contributed by atoms with E-state index in [4.69, 9.17) is 0 Å². The van der Waals surface area contributed by atoms with Crippen LogP contribution < -0.4 is 5.32 Å². The minimum atomic E-state index is -0.352. The van der Waals surface area contributed by atoms with Crippen molar-refractivity contribution in [2.45, 2.75) is 31.2 Å². The van der Waals surface area contributed by atoms with E-state index in [1.54, 1.807) is 0 Å². The molecule has 0 saturated carbocycles. The fourth-order valence-corrected chi connectivity index (χ4v) is 3.77. The lowest BCUT2D eigenvalue weighted by atomic mass is 10.1. The molecule has 4 aromatic rings. The molecule has 7 heteroatoms. The number of rotatable bonds is 4. The highest BCUT2D eigenvalue weighted by Crippen LogP contribution is 2.25. The number of anilines is 1. The summed E-state index contributed by atoms with van der Waals surface area (Å²) >= 11 is 1.29. The first kappa shape index (κ1) is 17.5. The summed E-state index contributed by atoms with van der Waals surface area (Å²) in [5.41, 5.74) is 5.41. The van der Waals surface area contributed by atoms with Gasteiger partial charge in [-0.05, 0) is 50.1 Å². The number of aromatic amines is 1. The zero-order valence-electron chi connectivity index (χ0n) is 15.3. The Hall–Kier alpha value is -2.93. The topological polar surface area (TPSA) is 83.6 Å². The Labute approximate surface area is 160 Å². The number of carbonyl (C=O) groups is 1. The van der Waals surface area contributed by atoms with E-state index < -0.39 is 0 Å². The van der Waals surface area contributed by atoms with Gasteiger partial charge in [0.05, 0.1) is 5.25 Å². The summed E-state index contributed by atoms with van der Waals surface area (Å²) in [7, 11) is 0. The maximum absolute atomic E-state index is 12.5. The van der Waals surface area contributed by atoms with Crippen LogP contribution in [0.5, 0.6) is 0 Å². The summed E-state index contributed by atoms with van der Waals surface area (Å²) in [6.45, 7) is 5.85. The van der Waals surface area contributed by atoms with Gasteiger partial charge in [-0.25, -0.2) is 4.98 Å². The highest BCUT2D eigenvalue weighted by Gasteiger charge is 2.18. The van der Waals surface area contributed by atoms with Gasteiger partial charge in [0.25, 0.3) is 0 Å². The number of nitrogens with zero attached hydrogens (tertiary/aromatic N) is 3. The Morgan fingerprint density at radius 3 is 2.63 bits per heavy atom. The Morgan fingerprint density at radius 1 is 1.11 bits per heavy atom. The fourth-order valence-electron chi connectivity index (χ4n) is 3.06. The number of nitrogens with one attached hydrogen (secondary N) is 2. The molecule has 0 spiro atoms. The van der Waals surface area contributed by atoms with Crippen LogP contribution >= 0.6 is 11.8 Å². The van der Waals surface area contributed by atoms with Crippen LogP contribution in [0.4, 0.5) is 5.69 Å². The molecule has 2 N–H and O–H groups in total. The minimum Gasteiger partial charge on any atom is -0.338 e. The van der Waals surface area contributed by atoms with E-state index in [0.717, 1.165) is 33.2 Å². The van der Waals surface area contributed by atoms with Gasteiger partial charge in [-0.1, -0.05) is 36.0 Å². The summed E-state index contributed by atoms with van der Waals surface area (Å²) < 4.78 is 0. The van der Waals surface area contributed by atoms with Gasteiger partial charge in [-0.2, -0.15) is 0 Å². The van der Waals surface area contributed by atoms with Crippen LogP contribution in [0.15, 0.2) is 47.6 Å². The van der Waals surface area contributed by atoms with Crippen molar-refractivity contribution in [2.75, 3.05) is 5.32 Å². The van der Waals surface area contributed by atoms with E-state index in [2.05, 4.69) is 31.5 Å². The normalized spacial score (nSPS) is 12.4. The smallest absolute Gasteiger partial charge is 0.237 e. The molecule has 1 amide bonds. The number of carbonyl (C=O) groups excluding carboxylic acids is 1. The van der Waals surface area contributed by atoms with Gasteiger partial charge >= 0.3 is 0 Å². The third kappa shape index (κ3) is 3.64. The van der Waals surface area contributed by atoms with E-state index in [0.29, 0.717) is 10.8 Å². The number of aromatic nitrogens is 4. The molecule has 1 unspecified atom stereocenters. The molecule has 0 aliphatic carbocycles. The molecule has 27 heavy (non-hydrogen) atoms. The average Bonchev–Trinajstić information content (AvgIpc) is 2.98. The van der Waals surface area contributed by atoms with Crippen LogP contribution in [0.25, 0.3) is 22.1 Å². The molecule has 6 nitrogen and oxygen atoms in total. The van der Waals surface area contributed by atoms with Crippen molar-refractivity contribution in [3.05, 3.63) is 53.6 Å².